The van der Waals surface area contributed by atoms with Gasteiger partial charge in [0.15, 0.2) is 0 Å². The Morgan fingerprint density at radius 3 is 2.94 bits per heavy atom. The Morgan fingerprint density at radius 1 is 1.47 bits per heavy atom. The first-order chi connectivity index (χ1) is 8.15. The molecule has 4 heteroatoms. The minimum Gasteiger partial charge on any atom is -0.404 e. The van der Waals surface area contributed by atoms with Gasteiger partial charge in [0.05, 0.1) is 16.8 Å². The molecule has 0 aliphatic carbocycles. The average Bonchev–Trinajstić information content (AvgIpc) is 2.32. The number of ether oxygens (including phenoxy) is 1. The first-order valence-electron chi connectivity index (χ1n) is 4.97. The summed E-state index contributed by atoms with van der Waals surface area (Å²) < 4.78 is 5.07. The Balaban J connectivity index is 2.14. The van der Waals surface area contributed by atoms with E-state index in [1.165, 1.54) is 12.3 Å². The maximum absolute atomic E-state index is 11.7. The molecule has 1 aromatic carbocycles. The number of halogens is 1. The molecule has 0 aliphatic heterocycles. The van der Waals surface area contributed by atoms with Crippen molar-refractivity contribution in [1.82, 2.24) is 4.98 Å². The molecule has 0 unspecified atom stereocenters. The van der Waals surface area contributed by atoms with Crippen LogP contribution in [0.3, 0.4) is 0 Å². The molecule has 0 N–H and O–H groups in total. The Kier molecular flexibility index (Phi) is 3.40. The zero-order valence-corrected chi connectivity index (χ0v) is 9.86. The first-order valence-corrected chi connectivity index (χ1v) is 5.35. The molecule has 0 saturated heterocycles. The van der Waals surface area contributed by atoms with Gasteiger partial charge in [-0.05, 0) is 19.1 Å². The predicted molar refractivity (Wildman–Crippen MR) is 64.2 cm³/mol. The van der Waals surface area contributed by atoms with E-state index in [1.54, 1.807) is 18.2 Å². The summed E-state index contributed by atoms with van der Waals surface area (Å²) in [4.78, 5) is 15.6. The SMILES string of the molecule is Cc1cccc(C(=O)Oc2c[c]c(Cl)cn2)c1. The second-order valence-corrected chi connectivity index (χ2v) is 3.90. The lowest BCUT2D eigenvalue weighted by atomic mass is 10.1. The molecule has 0 atom stereocenters. The van der Waals surface area contributed by atoms with Crippen LogP contribution in [0.5, 0.6) is 5.88 Å². The van der Waals surface area contributed by atoms with Crippen molar-refractivity contribution in [2.75, 3.05) is 0 Å². The van der Waals surface area contributed by atoms with Crippen molar-refractivity contribution in [2.24, 2.45) is 0 Å². The summed E-state index contributed by atoms with van der Waals surface area (Å²) in [6.45, 7) is 1.91. The number of aromatic nitrogens is 1. The molecule has 1 heterocycles. The van der Waals surface area contributed by atoms with E-state index < -0.39 is 5.97 Å². The highest BCUT2D eigenvalue weighted by Crippen LogP contribution is 2.13. The molecule has 0 bridgehead atoms. The zero-order chi connectivity index (χ0) is 12.3. The number of rotatable bonds is 2. The third-order valence-corrected chi connectivity index (χ3v) is 2.30. The van der Waals surface area contributed by atoms with Crippen LogP contribution in [0.4, 0.5) is 0 Å². The smallest absolute Gasteiger partial charge is 0.344 e. The fourth-order valence-electron chi connectivity index (χ4n) is 1.31. The zero-order valence-electron chi connectivity index (χ0n) is 9.11. The number of benzene rings is 1. The molecule has 85 valence electrons. The van der Waals surface area contributed by atoms with Crippen LogP contribution in [-0.2, 0) is 0 Å². The summed E-state index contributed by atoms with van der Waals surface area (Å²) in [7, 11) is 0. The largest absolute Gasteiger partial charge is 0.404 e. The van der Waals surface area contributed by atoms with Gasteiger partial charge in [0.25, 0.3) is 0 Å². The molecule has 2 aromatic rings. The molecular formula is C13H9ClNO2. The highest BCUT2D eigenvalue weighted by molar-refractivity contribution is 6.30. The molecule has 0 fully saturated rings. The van der Waals surface area contributed by atoms with Gasteiger partial charge in [-0.3, -0.25) is 0 Å². The molecular weight excluding hydrogens is 238 g/mol. The molecule has 3 nitrogen and oxygen atoms in total. The molecule has 2 rings (SSSR count). The maximum atomic E-state index is 11.7. The Bertz CT molecular complexity index is 537. The van der Waals surface area contributed by atoms with Gasteiger partial charge < -0.3 is 4.74 Å². The van der Waals surface area contributed by atoms with Crippen LogP contribution >= 0.6 is 11.6 Å². The van der Waals surface area contributed by atoms with Gasteiger partial charge in [0.2, 0.25) is 5.88 Å². The van der Waals surface area contributed by atoms with E-state index in [0.29, 0.717) is 10.6 Å². The lowest BCUT2D eigenvalue weighted by Crippen LogP contribution is -2.09. The van der Waals surface area contributed by atoms with Crippen LogP contribution in [0, 0.1) is 13.0 Å². The van der Waals surface area contributed by atoms with Crippen molar-refractivity contribution in [3.8, 4) is 5.88 Å². The molecule has 1 radical (unpaired) electrons. The number of hydrogen-bond acceptors (Lipinski definition) is 3. The van der Waals surface area contributed by atoms with Gasteiger partial charge in [-0.2, -0.15) is 0 Å². The van der Waals surface area contributed by atoms with Gasteiger partial charge in [-0.15, -0.1) is 0 Å². The number of hydrogen-bond donors (Lipinski definition) is 0. The van der Waals surface area contributed by atoms with E-state index in [9.17, 15) is 4.79 Å². The molecule has 0 spiro atoms. The monoisotopic (exact) mass is 246 g/mol. The van der Waals surface area contributed by atoms with Crippen molar-refractivity contribution >= 4 is 17.6 Å². The number of esters is 1. The summed E-state index contributed by atoms with van der Waals surface area (Å²) in [5.41, 5.74) is 1.48. The van der Waals surface area contributed by atoms with Gasteiger partial charge in [-0.1, -0.05) is 29.3 Å². The Morgan fingerprint density at radius 2 is 2.29 bits per heavy atom. The number of carbonyl (C=O) groups excluding carboxylic acids is 1. The minimum atomic E-state index is -0.447. The fourth-order valence-corrected chi connectivity index (χ4v) is 1.41. The molecule has 0 saturated carbocycles. The van der Waals surface area contributed by atoms with Crippen LogP contribution in [0.15, 0.2) is 36.5 Å². The van der Waals surface area contributed by atoms with Gasteiger partial charge in [0.1, 0.15) is 0 Å². The van der Waals surface area contributed by atoms with E-state index in [0.717, 1.165) is 5.56 Å². The Labute approximate surface area is 104 Å². The number of carbonyl (C=O) groups is 1. The normalized spacial score (nSPS) is 10.0. The second-order valence-electron chi connectivity index (χ2n) is 3.49. The summed E-state index contributed by atoms with van der Waals surface area (Å²) in [5.74, 6) is -0.266. The van der Waals surface area contributed by atoms with Crippen molar-refractivity contribution in [3.05, 3.63) is 58.7 Å². The second kappa shape index (κ2) is 4.97. The first kappa shape index (κ1) is 11.6. The number of nitrogens with zero attached hydrogens (tertiary/aromatic N) is 1. The molecule has 0 aliphatic rings. The van der Waals surface area contributed by atoms with Crippen molar-refractivity contribution in [2.45, 2.75) is 6.92 Å². The van der Waals surface area contributed by atoms with Crippen LogP contribution < -0.4 is 4.74 Å². The highest BCUT2D eigenvalue weighted by Gasteiger charge is 2.09. The fraction of sp³-hybridized carbons (Fsp3) is 0.0769. The van der Waals surface area contributed by atoms with E-state index in [1.807, 2.05) is 13.0 Å². The van der Waals surface area contributed by atoms with Crippen LogP contribution in [0.25, 0.3) is 0 Å². The lowest BCUT2D eigenvalue weighted by Gasteiger charge is -2.03. The third kappa shape index (κ3) is 3.04. The van der Waals surface area contributed by atoms with Gasteiger partial charge in [0, 0.05) is 12.1 Å². The number of aryl methyl sites for hydroxylation is 1. The summed E-state index contributed by atoms with van der Waals surface area (Å²) in [6, 6.07) is 11.3. The average molecular weight is 247 g/mol. The molecule has 1 aromatic heterocycles. The lowest BCUT2D eigenvalue weighted by molar-refractivity contribution is 0.0727. The van der Waals surface area contributed by atoms with Crippen LogP contribution in [0.1, 0.15) is 15.9 Å². The maximum Gasteiger partial charge on any atom is 0.344 e. The quantitative estimate of drug-likeness (QED) is 0.765. The predicted octanol–water partition coefficient (Wildman–Crippen LogP) is 3.06. The van der Waals surface area contributed by atoms with E-state index in [4.69, 9.17) is 16.3 Å². The minimum absolute atomic E-state index is 0.181. The summed E-state index contributed by atoms with van der Waals surface area (Å²) in [6.07, 6.45) is 1.38. The molecule has 0 amide bonds. The summed E-state index contributed by atoms with van der Waals surface area (Å²) in [5, 5.41) is 0.375. The van der Waals surface area contributed by atoms with Crippen molar-refractivity contribution < 1.29 is 9.53 Å². The highest BCUT2D eigenvalue weighted by atomic mass is 35.5. The standard InChI is InChI=1S/C13H9ClNO2/c1-9-3-2-4-10(7-9)13(16)17-12-6-5-11(14)8-15-12/h2-4,6-8H,1H3. The molecule has 17 heavy (non-hydrogen) atoms. The van der Waals surface area contributed by atoms with E-state index >= 15 is 0 Å². The van der Waals surface area contributed by atoms with Gasteiger partial charge >= 0.3 is 5.97 Å². The van der Waals surface area contributed by atoms with Gasteiger partial charge in [-0.25, -0.2) is 9.78 Å². The van der Waals surface area contributed by atoms with E-state index in [-0.39, 0.29) is 5.88 Å². The topological polar surface area (TPSA) is 39.2 Å². The van der Waals surface area contributed by atoms with E-state index in [2.05, 4.69) is 11.1 Å². The van der Waals surface area contributed by atoms with Crippen molar-refractivity contribution in [1.29, 1.82) is 0 Å². The van der Waals surface area contributed by atoms with Crippen molar-refractivity contribution in [3.63, 3.8) is 0 Å². The van der Waals surface area contributed by atoms with Crippen LogP contribution in [0.2, 0.25) is 5.02 Å². The Hall–Kier alpha value is -1.87. The third-order valence-electron chi connectivity index (χ3n) is 2.09. The number of pyridine rings is 1. The van der Waals surface area contributed by atoms with Crippen LogP contribution in [-0.4, -0.2) is 11.0 Å². The summed E-state index contributed by atoms with van der Waals surface area (Å²) >= 11 is 5.63.